The molecule has 19 heavy (non-hydrogen) atoms. The SMILES string of the molecule is CC(NC(CCCCN)C(=O)O)C(=O)NCC(=O)O. The van der Waals surface area contributed by atoms with Crippen LogP contribution in [0.3, 0.4) is 0 Å². The molecule has 8 nitrogen and oxygen atoms in total. The van der Waals surface area contributed by atoms with Crippen LogP contribution in [-0.4, -0.2) is 53.2 Å². The van der Waals surface area contributed by atoms with Gasteiger partial charge in [-0.1, -0.05) is 6.42 Å². The molecule has 0 bridgehead atoms. The van der Waals surface area contributed by atoms with Crippen molar-refractivity contribution < 1.29 is 24.6 Å². The zero-order chi connectivity index (χ0) is 14.8. The predicted octanol–water partition coefficient (Wildman–Crippen LogP) is -1.25. The summed E-state index contributed by atoms with van der Waals surface area (Å²) in [5.74, 6) is -2.75. The van der Waals surface area contributed by atoms with Crippen molar-refractivity contribution in [2.45, 2.75) is 38.3 Å². The molecule has 0 saturated heterocycles. The third-order valence-corrected chi connectivity index (χ3v) is 2.50. The Labute approximate surface area is 111 Å². The topological polar surface area (TPSA) is 142 Å². The third kappa shape index (κ3) is 8.11. The molecule has 6 N–H and O–H groups in total. The van der Waals surface area contributed by atoms with Crippen molar-refractivity contribution in [3.05, 3.63) is 0 Å². The molecule has 0 aliphatic rings. The maximum Gasteiger partial charge on any atom is 0.322 e. The lowest BCUT2D eigenvalue weighted by atomic mass is 10.1. The Bertz CT molecular complexity index is 321. The zero-order valence-corrected chi connectivity index (χ0v) is 10.9. The molecule has 0 aromatic carbocycles. The van der Waals surface area contributed by atoms with Crippen molar-refractivity contribution in [2.75, 3.05) is 13.1 Å². The first-order valence-corrected chi connectivity index (χ1v) is 6.07. The highest BCUT2D eigenvalue weighted by Gasteiger charge is 2.22. The van der Waals surface area contributed by atoms with Gasteiger partial charge in [-0.15, -0.1) is 0 Å². The fraction of sp³-hybridized carbons (Fsp3) is 0.727. The third-order valence-electron chi connectivity index (χ3n) is 2.50. The van der Waals surface area contributed by atoms with E-state index in [0.29, 0.717) is 25.8 Å². The van der Waals surface area contributed by atoms with E-state index in [9.17, 15) is 14.4 Å². The first-order valence-electron chi connectivity index (χ1n) is 6.07. The lowest BCUT2D eigenvalue weighted by molar-refractivity contribution is -0.141. The number of amides is 1. The van der Waals surface area contributed by atoms with Gasteiger partial charge in [0.25, 0.3) is 0 Å². The van der Waals surface area contributed by atoms with Gasteiger partial charge in [0.05, 0.1) is 6.04 Å². The van der Waals surface area contributed by atoms with Crippen molar-refractivity contribution in [3.63, 3.8) is 0 Å². The van der Waals surface area contributed by atoms with Gasteiger partial charge in [0, 0.05) is 0 Å². The summed E-state index contributed by atoms with van der Waals surface area (Å²) < 4.78 is 0. The minimum absolute atomic E-state index is 0.364. The Balaban J connectivity index is 4.21. The van der Waals surface area contributed by atoms with Crippen LogP contribution in [0.2, 0.25) is 0 Å². The molecule has 8 heteroatoms. The Morgan fingerprint density at radius 1 is 1.21 bits per heavy atom. The van der Waals surface area contributed by atoms with Crippen LogP contribution in [-0.2, 0) is 14.4 Å². The molecule has 0 fully saturated rings. The van der Waals surface area contributed by atoms with Crippen LogP contribution in [0.1, 0.15) is 26.2 Å². The molecule has 0 aliphatic carbocycles. The summed E-state index contributed by atoms with van der Waals surface area (Å²) in [5, 5.41) is 22.3. The lowest BCUT2D eigenvalue weighted by Gasteiger charge is -2.19. The van der Waals surface area contributed by atoms with Crippen molar-refractivity contribution in [1.82, 2.24) is 10.6 Å². The van der Waals surface area contributed by atoms with E-state index in [1.807, 2.05) is 0 Å². The fourth-order valence-corrected chi connectivity index (χ4v) is 1.46. The molecule has 0 rings (SSSR count). The second kappa shape index (κ2) is 9.29. The molecule has 0 aromatic rings. The van der Waals surface area contributed by atoms with Crippen LogP contribution in [0.15, 0.2) is 0 Å². The maximum absolute atomic E-state index is 11.5. The van der Waals surface area contributed by atoms with Gasteiger partial charge < -0.3 is 21.3 Å². The van der Waals surface area contributed by atoms with E-state index in [4.69, 9.17) is 15.9 Å². The van der Waals surface area contributed by atoms with Crippen molar-refractivity contribution in [2.24, 2.45) is 5.73 Å². The largest absolute Gasteiger partial charge is 0.480 e. The number of nitrogens with two attached hydrogens (primary N) is 1. The first kappa shape index (κ1) is 17.3. The minimum atomic E-state index is -1.15. The number of unbranched alkanes of at least 4 members (excludes halogenated alkanes) is 1. The van der Waals surface area contributed by atoms with Gasteiger partial charge in [-0.3, -0.25) is 19.7 Å². The van der Waals surface area contributed by atoms with E-state index in [2.05, 4.69) is 10.6 Å². The number of nitrogens with one attached hydrogen (secondary N) is 2. The summed E-state index contributed by atoms with van der Waals surface area (Å²) >= 11 is 0. The standard InChI is InChI=1S/C11H21N3O5/c1-7(10(17)13-6-9(15)16)14-8(11(18)19)4-2-3-5-12/h7-8,14H,2-6,12H2,1H3,(H,13,17)(H,15,16)(H,18,19). The van der Waals surface area contributed by atoms with Gasteiger partial charge in [-0.25, -0.2) is 0 Å². The summed E-state index contributed by atoms with van der Waals surface area (Å²) in [5.41, 5.74) is 5.32. The molecule has 0 radical (unpaired) electrons. The first-order chi connectivity index (χ1) is 8.88. The normalized spacial score (nSPS) is 13.6. The van der Waals surface area contributed by atoms with Gasteiger partial charge in [-0.2, -0.15) is 0 Å². The number of carboxylic acids is 2. The highest BCUT2D eigenvalue weighted by atomic mass is 16.4. The maximum atomic E-state index is 11.5. The molecule has 1 amide bonds. The Hall–Kier alpha value is -1.67. The minimum Gasteiger partial charge on any atom is -0.480 e. The molecule has 0 spiro atoms. The molecule has 0 aliphatic heterocycles. The average Bonchev–Trinajstić information content (AvgIpc) is 2.34. The van der Waals surface area contributed by atoms with Crippen LogP contribution in [0.25, 0.3) is 0 Å². The Morgan fingerprint density at radius 3 is 2.32 bits per heavy atom. The fourth-order valence-electron chi connectivity index (χ4n) is 1.46. The summed E-state index contributed by atoms with van der Waals surface area (Å²) in [4.78, 5) is 32.8. The monoisotopic (exact) mass is 275 g/mol. The number of carboxylic acid groups (broad SMARTS) is 2. The number of hydrogen-bond donors (Lipinski definition) is 5. The van der Waals surface area contributed by atoms with Crippen molar-refractivity contribution in [1.29, 1.82) is 0 Å². The number of rotatable bonds is 10. The second-order valence-corrected chi connectivity index (χ2v) is 4.18. The van der Waals surface area contributed by atoms with E-state index >= 15 is 0 Å². The smallest absolute Gasteiger partial charge is 0.322 e. The molecular weight excluding hydrogens is 254 g/mol. The van der Waals surface area contributed by atoms with Crippen molar-refractivity contribution >= 4 is 17.8 Å². The Morgan fingerprint density at radius 2 is 1.84 bits per heavy atom. The summed E-state index contributed by atoms with van der Waals surface area (Å²) in [6.45, 7) is 1.48. The molecule has 0 saturated carbocycles. The van der Waals surface area contributed by atoms with E-state index in [-0.39, 0.29) is 0 Å². The number of carbonyl (C=O) groups is 3. The van der Waals surface area contributed by atoms with Crippen LogP contribution >= 0.6 is 0 Å². The second-order valence-electron chi connectivity index (χ2n) is 4.18. The highest BCUT2D eigenvalue weighted by molar-refractivity contribution is 5.85. The van der Waals surface area contributed by atoms with Gasteiger partial charge in [0.15, 0.2) is 0 Å². The quantitative estimate of drug-likeness (QED) is 0.313. The van der Waals surface area contributed by atoms with E-state index < -0.39 is 36.5 Å². The molecule has 110 valence electrons. The van der Waals surface area contributed by atoms with Crippen LogP contribution < -0.4 is 16.4 Å². The van der Waals surface area contributed by atoms with Gasteiger partial charge in [-0.05, 0) is 26.3 Å². The van der Waals surface area contributed by atoms with Crippen LogP contribution in [0, 0.1) is 0 Å². The highest BCUT2D eigenvalue weighted by Crippen LogP contribution is 2.02. The van der Waals surface area contributed by atoms with Crippen LogP contribution in [0.5, 0.6) is 0 Å². The summed E-state index contributed by atoms with van der Waals surface area (Å²) in [6, 6.07) is -1.63. The lowest BCUT2D eigenvalue weighted by Crippen LogP contribution is -2.50. The molecule has 2 atom stereocenters. The number of carbonyl (C=O) groups excluding carboxylic acids is 1. The Kier molecular flexibility index (Phi) is 8.47. The average molecular weight is 275 g/mol. The molecule has 0 heterocycles. The van der Waals surface area contributed by atoms with E-state index in [1.54, 1.807) is 0 Å². The number of hydrogen-bond acceptors (Lipinski definition) is 5. The molecule has 0 aromatic heterocycles. The van der Waals surface area contributed by atoms with E-state index in [1.165, 1.54) is 6.92 Å². The molecular formula is C11H21N3O5. The summed E-state index contributed by atoms with van der Waals surface area (Å²) in [6.07, 6.45) is 1.72. The predicted molar refractivity (Wildman–Crippen MR) is 67.6 cm³/mol. The van der Waals surface area contributed by atoms with Gasteiger partial charge in [0.1, 0.15) is 12.6 Å². The van der Waals surface area contributed by atoms with Gasteiger partial charge >= 0.3 is 11.9 Å². The molecule has 2 unspecified atom stereocenters. The number of aliphatic carboxylic acids is 2. The zero-order valence-electron chi connectivity index (χ0n) is 10.9. The van der Waals surface area contributed by atoms with E-state index in [0.717, 1.165) is 0 Å². The van der Waals surface area contributed by atoms with Crippen LogP contribution in [0.4, 0.5) is 0 Å². The summed E-state index contributed by atoms with van der Waals surface area (Å²) in [7, 11) is 0. The van der Waals surface area contributed by atoms with Gasteiger partial charge in [0.2, 0.25) is 5.91 Å². The van der Waals surface area contributed by atoms with Crippen molar-refractivity contribution in [3.8, 4) is 0 Å².